The predicted octanol–water partition coefficient (Wildman–Crippen LogP) is 3.87. The Hall–Kier alpha value is -2.43. The molecule has 1 unspecified atom stereocenters. The molecule has 5 heteroatoms. The second-order valence-electron chi connectivity index (χ2n) is 5.92. The van der Waals surface area contributed by atoms with E-state index >= 15 is 0 Å². The summed E-state index contributed by atoms with van der Waals surface area (Å²) >= 11 is 0. The molecule has 0 saturated heterocycles. The summed E-state index contributed by atoms with van der Waals surface area (Å²) in [6, 6.07) is 9.79. The number of carbonyl (C=O) groups is 1. The quantitative estimate of drug-likeness (QED) is 0.849. The van der Waals surface area contributed by atoms with Crippen molar-refractivity contribution in [2.45, 2.75) is 46.1 Å². The van der Waals surface area contributed by atoms with Gasteiger partial charge in [-0.1, -0.05) is 39.0 Å². The maximum absolute atomic E-state index is 12.2. The number of carbonyl (C=O) groups excluding carboxylic acids is 1. The van der Waals surface area contributed by atoms with Gasteiger partial charge in [0.2, 0.25) is 5.95 Å². The number of aromatic nitrogens is 2. The lowest BCUT2D eigenvalue weighted by molar-refractivity contribution is 0.0934. The number of rotatable bonds is 6. The fourth-order valence-corrected chi connectivity index (χ4v) is 2.18. The lowest BCUT2D eigenvalue weighted by Crippen LogP contribution is -2.32. The van der Waals surface area contributed by atoms with Crippen LogP contribution in [-0.2, 0) is 0 Å². The number of benzene rings is 1. The molecule has 0 saturated carbocycles. The predicted molar refractivity (Wildman–Crippen MR) is 93.1 cm³/mol. The molecule has 0 radical (unpaired) electrons. The Balaban J connectivity index is 2.19. The monoisotopic (exact) mass is 312 g/mol. The Morgan fingerprint density at radius 1 is 1.17 bits per heavy atom. The fraction of sp³-hybridized carbons (Fsp3) is 0.389. The van der Waals surface area contributed by atoms with Crippen molar-refractivity contribution in [1.29, 1.82) is 0 Å². The largest absolute Gasteiger partial charge is 0.348 e. The van der Waals surface area contributed by atoms with E-state index in [1.165, 1.54) is 5.56 Å². The summed E-state index contributed by atoms with van der Waals surface area (Å²) in [5.74, 6) is 0.632. The van der Waals surface area contributed by atoms with Crippen molar-refractivity contribution < 1.29 is 4.79 Å². The van der Waals surface area contributed by atoms with E-state index in [2.05, 4.69) is 40.5 Å². The highest BCUT2D eigenvalue weighted by Gasteiger charge is 2.12. The summed E-state index contributed by atoms with van der Waals surface area (Å²) in [4.78, 5) is 20.7. The molecule has 0 spiro atoms. The van der Waals surface area contributed by atoms with E-state index in [9.17, 15) is 4.79 Å². The molecule has 5 nitrogen and oxygen atoms in total. The van der Waals surface area contributed by atoms with E-state index in [4.69, 9.17) is 0 Å². The molecule has 1 atom stereocenters. The van der Waals surface area contributed by atoms with E-state index in [1.54, 1.807) is 12.3 Å². The molecule has 1 aromatic carbocycles. The third-order valence-electron chi connectivity index (χ3n) is 3.71. The van der Waals surface area contributed by atoms with Gasteiger partial charge < -0.3 is 10.6 Å². The van der Waals surface area contributed by atoms with Gasteiger partial charge in [0.05, 0.1) is 0 Å². The molecular weight excluding hydrogens is 288 g/mol. The van der Waals surface area contributed by atoms with Gasteiger partial charge in [0, 0.05) is 17.9 Å². The van der Waals surface area contributed by atoms with Gasteiger partial charge in [0.15, 0.2) is 0 Å². The molecule has 23 heavy (non-hydrogen) atoms. The van der Waals surface area contributed by atoms with E-state index in [0.717, 1.165) is 12.1 Å². The second kappa shape index (κ2) is 7.72. The van der Waals surface area contributed by atoms with Crippen LogP contribution in [0.1, 0.15) is 56.1 Å². The Morgan fingerprint density at radius 2 is 1.91 bits per heavy atom. The highest BCUT2D eigenvalue weighted by Crippen LogP contribution is 2.25. The van der Waals surface area contributed by atoms with Crippen LogP contribution < -0.4 is 10.6 Å². The topological polar surface area (TPSA) is 66.9 Å². The molecule has 2 rings (SSSR count). The molecule has 0 fully saturated rings. The molecule has 2 N–H and O–H groups in total. The average molecular weight is 312 g/mol. The lowest BCUT2D eigenvalue weighted by Gasteiger charge is -2.14. The van der Waals surface area contributed by atoms with Crippen LogP contribution in [0.25, 0.3) is 0 Å². The maximum atomic E-state index is 12.2. The summed E-state index contributed by atoms with van der Waals surface area (Å²) in [7, 11) is 0. The van der Waals surface area contributed by atoms with Crippen molar-refractivity contribution in [1.82, 2.24) is 15.3 Å². The number of hydrogen-bond acceptors (Lipinski definition) is 4. The van der Waals surface area contributed by atoms with E-state index in [1.807, 2.05) is 32.0 Å². The first kappa shape index (κ1) is 16.9. The normalized spacial score (nSPS) is 12.0. The zero-order valence-electron chi connectivity index (χ0n) is 14.1. The SMILES string of the molecule is CCC(C)NC(=O)c1ccnc(Nc2ccccc2C(C)C)n1. The van der Waals surface area contributed by atoms with Gasteiger partial charge in [-0.3, -0.25) is 4.79 Å². The Bertz CT molecular complexity index is 670. The first-order chi connectivity index (χ1) is 11.0. The Kier molecular flexibility index (Phi) is 5.68. The van der Waals surface area contributed by atoms with Crippen molar-refractivity contribution >= 4 is 17.5 Å². The van der Waals surface area contributed by atoms with Gasteiger partial charge >= 0.3 is 0 Å². The molecule has 0 bridgehead atoms. The Labute approximate surface area is 137 Å². The number of hydrogen-bond donors (Lipinski definition) is 2. The summed E-state index contributed by atoms with van der Waals surface area (Å²) < 4.78 is 0. The zero-order valence-corrected chi connectivity index (χ0v) is 14.1. The summed E-state index contributed by atoms with van der Waals surface area (Å²) in [6.45, 7) is 8.27. The van der Waals surface area contributed by atoms with Crippen LogP contribution in [0.5, 0.6) is 0 Å². The van der Waals surface area contributed by atoms with E-state index in [-0.39, 0.29) is 11.9 Å². The van der Waals surface area contributed by atoms with Crippen molar-refractivity contribution in [2.75, 3.05) is 5.32 Å². The number of nitrogens with one attached hydrogen (secondary N) is 2. The van der Waals surface area contributed by atoms with Gasteiger partial charge in [0.1, 0.15) is 5.69 Å². The summed E-state index contributed by atoms with van der Waals surface area (Å²) in [6.07, 6.45) is 2.47. The molecule has 122 valence electrons. The van der Waals surface area contributed by atoms with Crippen molar-refractivity contribution in [3.05, 3.63) is 47.8 Å². The molecule has 0 aliphatic rings. The minimum Gasteiger partial charge on any atom is -0.348 e. The van der Waals surface area contributed by atoms with Gasteiger partial charge in [0.25, 0.3) is 5.91 Å². The Morgan fingerprint density at radius 3 is 2.61 bits per heavy atom. The molecule has 0 aliphatic carbocycles. The van der Waals surface area contributed by atoms with Crippen LogP contribution in [0.15, 0.2) is 36.5 Å². The average Bonchev–Trinajstić information content (AvgIpc) is 2.55. The minimum absolute atomic E-state index is 0.121. The highest BCUT2D eigenvalue weighted by atomic mass is 16.1. The van der Waals surface area contributed by atoms with Crippen LogP contribution in [0.3, 0.4) is 0 Å². The van der Waals surface area contributed by atoms with Crippen molar-refractivity contribution in [3.63, 3.8) is 0 Å². The number of nitrogens with zero attached hydrogens (tertiary/aromatic N) is 2. The number of para-hydroxylation sites is 1. The third-order valence-corrected chi connectivity index (χ3v) is 3.71. The van der Waals surface area contributed by atoms with Crippen LogP contribution >= 0.6 is 0 Å². The molecule has 0 aliphatic heterocycles. The van der Waals surface area contributed by atoms with E-state index in [0.29, 0.717) is 17.6 Å². The highest BCUT2D eigenvalue weighted by molar-refractivity contribution is 5.92. The second-order valence-corrected chi connectivity index (χ2v) is 5.92. The van der Waals surface area contributed by atoms with Crippen LogP contribution in [0, 0.1) is 0 Å². The molecule has 1 aromatic heterocycles. The van der Waals surface area contributed by atoms with Gasteiger partial charge in [-0.25, -0.2) is 9.97 Å². The van der Waals surface area contributed by atoms with Crippen LogP contribution in [0.4, 0.5) is 11.6 Å². The van der Waals surface area contributed by atoms with Crippen LogP contribution in [-0.4, -0.2) is 21.9 Å². The van der Waals surface area contributed by atoms with Crippen molar-refractivity contribution in [2.24, 2.45) is 0 Å². The summed E-state index contributed by atoms with van der Waals surface area (Å²) in [5.41, 5.74) is 2.51. The molecular formula is C18H24N4O. The lowest BCUT2D eigenvalue weighted by atomic mass is 10.0. The maximum Gasteiger partial charge on any atom is 0.270 e. The number of amides is 1. The zero-order chi connectivity index (χ0) is 16.8. The third kappa shape index (κ3) is 4.52. The van der Waals surface area contributed by atoms with Gasteiger partial charge in [-0.15, -0.1) is 0 Å². The molecule has 1 amide bonds. The minimum atomic E-state index is -0.179. The van der Waals surface area contributed by atoms with E-state index < -0.39 is 0 Å². The van der Waals surface area contributed by atoms with Crippen molar-refractivity contribution in [3.8, 4) is 0 Å². The smallest absolute Gasteiger partial charge is 0.270 e. The van der Waals surface area contributed by atoms with Gasteiger partial charge in [-0.05, 0) is 37.0 Å². The summed E-state index contributed by atoms with van der Waals surface area (Å²) in [5, 5.41) is 6.12. The number of anilines is 2. The molecule has 1 heterocycles. The first-order valence-corrected chi connectivity index (χ1v) is 8.01. The first-order valence-electron chi connectivity index (χ1n) is 8.01. The molecule has 2 aromatic rings. The van der Waals surface area contributed by atoms with Crippen LogP contribution in [0.2, 0.25) is 0 Å². The standard InChI is InChI=1S/C18H24N4O/c1-5-13(4)20-17(23)16-10-11-19-18(22-16)21-15-9-7-6-8-14(15)12(2)3/h6-13H,5H2,1-4H3,(H,20,23)(H,19,21,22). The fourth-order valence-electron chi connectivity index (χ4n) is 2.18. The van der Waals surface area contributed by atoms with Gasteiger partial charge in [-0.2, -0.15) is 0 Å².